The summed E-state index contributed by atoms with van der Waals surface area (Å²) in [6.07, 6.45) is 8.28. The molecule has 1 spiro atoms. The smallest absolute Gasteiger partial charge is 0.110 e. The fraction of sp³-hybridized carbons (Fsp3) is 0.714. The summed E-state index contributed by atoms with van der Waals surface area (Å²) >= 11 is 0. The highest BCUT2D eigenvalue weighted by molar-refractivity contribution is 5.12. The predicted molar refractivity (Wildman–Crippen MR) is 31.7 cm³/mol. The van der Waals surface area contributed by atoms with Crippen LogP contribution in [0, 0.1) is 0 Å². The highest BCUT2D eigenvalue weighted by Crippen LogP contribution is 2.36. The summed E-state index contributed by atoms with van der Waals surface area (Å²) < 4.78 is 5.25. The van der Waals surface area contributed by atoms with Crippen molar-refractivity contribution in [1.82, 2.24) is 0 Å². The summed E-state index contributed by atoms with van der Waals surface area (Å²) in [5, 5.41) is 0. The minimum absolute atomic E-state index is 0.248. The second-order valence-electron chi connectivity index (χ2n) is 2.65. The van der Waals surface area contributed by atoms with Gasteiger partial charge >= 0.3 is 0 Å². The van der Waals surface area contributed by atoms with Crippen LogP contribution in [0.5, 0.6) is 0 Å². The quantitative estimate of drug-likeness (QED) is 0.340. The minimum Gasteiger partial charge on any atom is -0.365 e. The molecule has 0 aromatic heterocycles. The van der Waals surface area contributed by atoms with Gasteiger partial charge in [0.25, 0.3) is 0 Å². The summed E-state index contributed by atoms with van der Waals surface area (Å²) in [5.74, 6) is 0. The first-order valence-electron chi connectivity index (χ1n) is 3.23. The van der Waals surface area contributed by atoms with Gasteiger partial charge in [-0.05, 0) is 19.3 Å². The first-order valence-corrected chi connectivity index (χ1v) is 3.23. The molecule has 1 aliphatic heterocycles. The van der Waals surface area contributed by atoms with Gasteiger partial charge in [0.2, 0.25) is 0 Å². The maximum atomic E-state index is 5.25. The summed E-state index contributed by atoms with van der Waals surface area (Å²) in [6, 6.07) is 0. The number of hydrogen-bond donors (Lipinski definition) is 0. The van der Waals surface area contributed by atoms with Crippen molar-refractivity contribution < 1.29 is 4.74 Å². The van der Waals surface area contributed by atoms with Crippen molar-refractivity contribution >= 4 is 0 Å². The lowest BCUT2D eigenvalue weighted by Crippen LogP contribution is -2.08. The Morgan fingerprint density at radius 2 is 2.38 bits per heavy atom. The fourth-order valence-electron chi connectivity index (χ4n) is 1.23. The fourth-order valence-corrected chi connectivity index (χ4v) is 1.23. The molecule has 0 saturated carbocycles. The summed E-state index contributed by atoms with van der Waals surface area (Å²) in [5.41, 5.74) is 0.248. The molecule has 1 saturated heterocycles. The first kappa shape index (κ1) is 4.57. The normalized spacial score (nSPS) is 43.0. The number of allylic oxidation sites excluding steroid dienone is 1. The van der Waals surface area contributed by atoms with Crippen LogP contribution in [0.3, 0.4) is 0 Å². The van der Waals surface area contributed by atoms with Gasteiger partial charge in [0.05, 0.1) is 6.61 Å². The van der Waals surface area contributed by atoms with Crippen LogP contribution in [0.2, 0.25) is 0 Å². The molecule has 0 bridgehead atoms. The van der Waals surface area contributed by atoms with Crippen molar-refractivity contribution in [3.8, 4) is 0 Å². The molecular formula is C7H10O. The van der Waals surface area contributed by atoms with Gasteiger partial charge in [-0.15, -0.1) is 0 Å². The Morgan fingerprint density at radius 3 is 2.75 bits per heavy atom. The molecule has 0 aromatic carbocycles. The first-order chi connectivity index (χ1) is 3.91. The molecular weight excluding hydrogens is 100 g/mol. The van der Waals surface area contributed by atoms with Crippen LogP contribution in [0.1, 0.15) is 19.3 Å². The molecule has 1 heterocycles. The molecule has 0 N–H and O–H groups in total. The van der Waals surface area contributed by atoms with Gasteiger partial charge in [-0.1, -0.05) is 12.2 Å². The second kappa shape index (κ2) is 1.35. The summed E-state index contributed by atoms with van der Waals surface area (Å²) in [4.78, 5) is 0. The lowest BCUT2D eigenvalue weighted by Gasteiger charge is -2.08. The predicted octanol–water partition coefficient (Wildman–Crippen LogP) is 1.50. The van der Waals surface area contributed by atoms with E-state index in [1.807, 2.05) is 0 Å². The van der Waals surface area contributed by atoms with Crippen molar-refractivity contribution in [2.45, 2.75) is 24.9 Å². The van der Waals surface area contributed by atoms with E-state index in [2.05, 4.69) is 12.2 Å². The van der Waals surface area contributed by atoms with Crippen molar-refractivity contribution in [2.75, 3.05) is 6.61 Å². The zero-order chi connectivity index (χ0) is 5.45. The molecule has 8 heavy (non-hydrogen) atoms. The number of rotatable bonds is 0. The zero-order valence-corrected chi connectivity index (χ0v) is 4.89. The SMILES string of the molecule is C1=CC2(CCC1)CO2. The van der Waals surface area contributed by atoms with E-state index in [0.29, 0.717) is 0 Å². The van der Waals surface area contributed by atoms with Crippen LogP contribution in [-0.2, 0) is 4.74 Å². The van der Waals surface area contributed by atoms with Gasteiger partial charge in [0.1, 0.15) is 5.60 Å². The Bertz CT molecular complexity index is 122. The van der Waals surface area contributed by atoms with E-state index in [-0.39, 0.29) is 5.60 Å². The molecule has 0 amide bonds. The van der Waals surface area contributed by atoms with Gasteiger partial charge in [-0.3, -0.25) is 0 Å². The van der Waals surface area contributed by atoms with Crippen LogP contribution in [0.25, 0.3) is 0 Å². The van der Waals surface area contributed by atoms with E-state index in [0.717, 1.165) is 6.61 Å². The number of ether oxygens (including phenoxy) is 1. The topological polar surface area (TPSA) is 12.5 Å². The van der Waals surface area contributed by atoms with Gasteiger partial charge < -0.3 is 4.74 Å². The molecule has 1 fully saturated rings. The molecule has 2 aliphatic rings. The maximum absolute atomic E-state index is 5.25. The van der Waals surface area contributed by atoms with Gasteiger partial charge in [-0.2, -0.15) is 0 Å². The van der Waals surface area contributed by atoms with Crippen molar-refractivity contribution in [3.63, 3.8) is 0 Å². The van der Waals surface area contributed by atoms with Crippen LogP contribution in [0.15, 0.2) is 12.2 Å². The minimum atomic E-state index is 0.248. The Morgan fingerprint density at radius 1 is 1.50 bits per heavy atom. The maximum Gasteiger partial charge on any atom is 0.110 e. The van der Waals surface area contributed by atoms with Crippen LogP contribution >= 0.6 is 0 Å². The monoisotopic (exact) mass is 110 g/mol. The van der Waals surface area contributed by atoms with Crippen LogP contribution in [0.4, 0.5) is 0 Å². The lowest BCUT2D eigenvalue weighted by molar-refractivity contribution is 0.325. The Kier molecular flexibility index (Phi) is 0.770. The summed E-state index contributed by atoms with van der Waals surface area (Å²) in [6.45, 7) is 0.976. The van der Waals surface area contributed by atoms with E-state index >= 15 is 0 Å². The van der Waals surface area contributed by atoms with Crippen LogP contribution < -0.4 is 0 Å². The molecule has 44 valence electrons. The van der Waals surface area contributed by atoms with Gasteiger partial charge in [-0.25, -0.2) is 0 Å². The molecule has 1 aliphatic carbocycles. The average Bonchev–Trinajstić information content (AvgIpc) is 2.52. The van der Waals surface area contributed by atoms with E-state index in [4.69, 9.17) is 4.74 Å². The Balaban J connectivity index is 2.13. The molecule has 1 heteroatoms. The molecule has 2 rings (SSSR count). The largest absolute Gasteiger partial charge is 0.365 e. The van der Waals surface area contributed by atoms with Crippen molar-refractivity contribution in [3.05, 3.63) is 12.2 Å². The average molecular weight is 110 g/mol. The summed E-state index contributed by atoms with van der Waals surface area (Å²) in [7, 11) is 0. The highest BCUT2D eigenvalue weighted by Gasteiger charge is 2.42. The second-order valence-corrected chi connectivity index (χ2v) is 2.65. The molecule has 0 radical (unpaired) electrons. The number of epoxide rings is 1. The Hall–Kier alpha value is -0.300. The van der Waals surface area contributed by atoms with E-state index in [1.54, 1.807) is 0 Å². The third kappa shape index (κ3) is 0.583. The van der Waals surface area contributed by atoms with E-state index in [1.165, 1.54) is 19.3 Å². The zero-order valence-electron chi connectivity index (χ0n) is 4.89. The van der Waals surface area contributed by atoms with Crippen molar-refractivity contribution in [1.29, 1.82) is 0 Å². The molecule has 1 nitrogen and oxygen atoms in total. The third-order valence-electron chi connectivity index (χ3n) is 1.91. The van der Waals surface area contributed by atoms with E-state index < -0.39 is 0 Å². The third-order valence-corrected chi connectivity index (χ3v) is 1.91. The number of hydrogen-bond acceptors (Lipinski definition) is 1. The standard InChI is InChI=1S/C7H10O/c1-2-4-7(5-3-1)6-8-7/h2,4H,1,3,5-6H2. The Labute approximate surface area is 49.3 Å². The molecule has 0 aromatic rings. The molecule has 1 unspecified atom stereocenters. The van der Waals surface area contributed by atoms with Crippen molar-refractivity contribution in [2.24, 2.45) is 0 Å². The van der Waals surface area contributed by atoms with Crippen LogP contribution in [-0.4, -0.2) is 12.2 Å². The molecule has 1 atom stereocenters. The van der Waals surface area contributed by atoms with Gasteiger partial charge in [0.15, 0.2) is 0 Å². The van der Waals surface area contributed by atoms with Gasteiger partial charge in [0, 0.05) is 0 Å². The van der Waals surface area contributed by atoms with E-state index in [9.17, 15) is 0 Å². The lowest BCUT2D eigenvalue weighted by atomic mass is 9.97. The highest BCUT2D eigenvalue weighted by atomic mass is 16.6.